The van der Waals surface area contributed by atoms with E-state index in [0.717, 1.165) is 6.42 Å². The molecule has 0 saturated heterocycles. The Morgan fingerprint density at radius 2 is 1.85 bits per heavy atom. The van der Waals surface area contributed by atoms with Crippen molar-refractivity contribution in [2.75, 3.05) is 0 Å². The first kappa shape index (κ1) is 26.1. The van der Waals surface area contributed by atoms with E-state index in [1.807, 2.05) is 0 Å². The van der Waals surface area contributed by atoms with E-state index in [2.05, 4.69) is 92.2 Å². The molecule has 0 N–H and O–H groups in total. The quantitative estimate of drug-likeness (QED) is 0.483. The molecule has 0 atom stereocenters. The Balaban J connectivity index is 0.000000535. The van der Waals surface area contributed by atoms with Gasteiger partial charge in [0.25, 0.3) is 0 Å². The number of fused-ring (bicyclic) bond motifs is 1. The standard InChI is InChI=1S/C15H14N.C8H11.2ClH.Zr/c1-11-7-12(2)16(10-11)15-8-13-5-3-4-6-14(13)9-15;1-2-5-8-6-3-4-7-8;;;/h3-10H,1-2H3;3,6H,2,4-5H2,1H3;2*1H;/q2*-1;;;+4/p-2. The summed E-state index contributed by atoms with van der Waals surface area (Å²) in [7, 11) is 0. The SMILES string of the molecule is CCCC1=[C-]CC=C1.Cc1cc(C)n(-c2cc3ccccc3[cH-]2)c1.[Cl-].[Cl-].[Zr+4]. The Morgan fingerprint density at radius 1 is 1.11 bits per heavy atom. The summed E-state index contributed by atoms with van der Waals surface area (Å²) in [6, 6.07) is 15.2. The number of hydrogen-bond donors (Lipinski definition) is 0. The van der Waals surface area contributed by atoms with Gasteiger partial charge < -0.3 is 29.4 Å². The van der Waals surface area contributed by atoms with Crippen LogP contribution in [0.5, 0.6) is 0 Å². The van der Waals surface area contributed by atoms with Crippen LogP contribution in [0.2, 0.25) is 0 Å². The van der Waals surface area contributed by atoms with Crippen LogP contribution in [0.15, 0.2) is 66.4 Å². The van der Waals surface area contributed by atoms with Crippen molar-refractivity contribution in [1.82, 2.24) is 4.57 Å². The van der Waals surface area contributed by atoms with E-state index in [1.165, 1.54) is 46.1 Å². The summed E-state index contributed by atoms with van der Waals surface area (Å²) in [5, 5.41) is 2.62. The van der Waals surface area contributed by atoms with Crippen LogP contribution in [0.4, 0.5) is 0 Å². The Kier molecular flexibility index (Phi) is 12.1. The van der Waals surface area contributed by atoms with E-state index in [4.69, 9.17) is 0 Å². The summed E-state index contributed by atoms with van der Waals surface area (Å²) in [5.41, 5.74) is 5.25. The molecule has 0 amide bonds. The van der Waals surface area contributed by atoms with Crippen molar-refractivity contribution in [2.45, 2.75) is 40.0 Å². The number of halogens is 2. The summed E-state index contributed by atoms with van der Waals surface area (Å²) in [5.74, 6) is 0. The predicted molar refractivity (Wildman–Crippen MR) is 104 cm³/mol. The molecule has 4 heteroatoms. The first-order valence-electron chi connectivity index (χ1n) is 8.75. The Bertz CT molecular complexity index is 854. The maximum Gasteiger partial charge on any atom is 4.00 e. The molecule has 0 spiro atoms. The summed E-state index contributed by atoms with van der Waals surface area (Å²) in [4.78, 5) is 0. The molecule has 0 radical (unpaired) electrons. The van der Waals surface area contributed by atoms with Crippen molar-refractivity contribution in [1.29, 1.82) is 0 Å². The maximum atomic E-state index is 3.26. The van der Waals surface area contributed by atoms with E-state index >= 15 is 0 Å². The molecule has 1 aliphatic carbocycles. The molecule has 3 aromatic rings. The van der Waals surface area contributed by atoms with Gasteiger partial charge in [-0.15, -0.1) is 47.5 Å². The maximum absolute atomic E-state index is 3.26. The fourth-order valence-corrected chi connectivity index (χ4v) is 3.18. The number of hydrogen-bond acceptors (Lipinski definition) is 0. The molecular formula is C23H25Cl2NZr. The molecule has 1 heterocycles. The van der Waals surface area contributed by atoms with Gasteiger partial charge in [-0.1, -0.05) is 25.8 Å². The van der Waals surface area contributed by atoms with Crippen LogP contribution in [0, 0.1) is 19.9 Å². The molecule has 4 rings (SSSR count). The molecular weight excluding hydrogens is 452 g/mol. The van der Waals surface area contributed by atoms with Gasteiger partial charge in [-0.25, -0.2) is 11.6 Å². The molecule has 0 unspecified atom stereocenters. The van der Waals surface area contributed by atoms with Gasteiger partial charge in [0.15, 0.2) is 0 Å². The van der Waals surface area contributed by atoms with Crippen LogP contribution in [0.25, 0.3) is 16.5 Å². The van der Waals surface area contributed by atoms with Gasteiger partial charge >= 0.3 is 26.2 Å². The average molecular weight is 478 g/mol. The van der Waals surface area contributed by atoms with Gasteiger partial charge in [0.05, 0.1) is 0 Å². The first-order chi connectivity index (χ1) is 11.7. The number of aromatic nitrogens is 1. The topological polar surface area (TPSA) is 4.93 Å². The minimum Gasteiger partial charge on any atom is -1.00 e. The minimum absolute atomic E-state index is 0. The van der Waals surface area contributed by atoms with Gasteiger partial charge in [0.1, 0.15) is 0 Å². The van der Waals surface area contributed by atoms with Crippen LogP contribution in [-0.4, -0.2) is 4.57 Å². The summed E-state index contributed by atoms with van der Waals surface area (Å²) in [6.07, 6.45) is 13.3. The monoisotopic (exact) mass is 475 g/mol. The zero-order valence-electron chi connectivity index (χ0n) is 16.1. The molecule has 0 saturated carbocycles. The molecule has 1 aliphatic rings. The van der Waals surface area contributed by atoms with Crippen molar-refractivity contribution < 1.29 is 51.0 Å². The molecule has 0 fully saturated rings. The zero-order chi connectivity index (χ0) is 16.9. The second-order valence-corrected chi connectivity index (χ2v) is 6.43. The van der Waals surface area contributed by atoms with Gasteiger partial charge in [0, 0.05) is 11.9 Å². The Labute approximate surface area is 194 Å². The van der Waals surface area contributed by atoms with E-state index in [9.17, 15) is 0 Å². The van der Waals surface area contributed by atoms with Crippen molar-refractivity contribution in [2.24, 2.45) is 0 Å². The van der Waals surface area contributed by atoms with E-state index in [1.54, 1.807) is 0 Å². The van der Waals surface area contributed by atoms with Gasteiger partial charge in [-0.3, -0.25) is 6.08 Å². The van der Waals surface area contributed by atoms with E-state index in [0.29, 0.717) is 0 Å². The van der Waals surface area contributed by atoms with Crippen LogP contribution in [0.3, 0.4) is 0 Å². The largest absolute Gasteiger partial charge is 4.00 e. The predicted octanol–water partition coefficient (Wildman–Crippen LogP) is 0.448. The fraction of sp³-hybridized carbons (Fsp3) is 0.261. The van der Waals surface area contributed by atoms with Crippen LogP contribution >= 0.6 is 0 Å². The number of nitrogens with zero attached hydrogens (tertiary/aromatic N) is 1. The van der Waals surface area contributed by atoms with Crippen molar-refractivity contribution in [3.8, 4) is 5.69 Å². The number of allylic oxidation sites excluding steroid dienone is 4. The fourth-order valence-electron chi connectivity index (χ4n) is 3.18. The second-order valence-electron chi connectivity index (χ2n) is 6.43. The van der Waals surface area contributed by atoms with Crippen LogP contribution < -0.4 is 24.8 Å². The van der Waals surface area contributed by atoms with Crippen LogP contribution in [-0.2, 0) is 26.2 Å². The third kappa shape index (κ3) is 6.86. The summed E-state index contributed by atoms with van der Waals surface area (Å²) >= 11 is 0. The third-order valence-corrected chi connectivity index (χ3v) is 4.32. The summed E-state index contributed by atoms with van der Waals surface area (Å²) < 4.78 is 2.25. The minimum atomic E-state index is 0. The number of rotatable bonds is 3. The molecule has 27 heavy (non-hydrogen) atoms. The Morgan fingerprint density at radius 3 is 2.41 bits per heavy atom. The Hall–Kier alpha value is -0.947. The molecule has 2 aromatic carbocycles. The van der Waals surface area contributed by atoms with Gasteiger partial charge in [-0.2, -0.15) is 6.08 Å². The number of aryl methyl sites for hydroxylation is 2. The van der Waals surface area contributed by atoms with Gasteiger partial charge in [-0.05, 0) is 31.2 Å². The van der Waals surface area contributed by atoms with Gasteiger partial charge in [0.2, 0.25) is 0 Å². The molecule has 0 aliphatic heterocycles. The van der Waals surface area contributed by atoms with Crippen molar-refractivity contribution >= 4 is 10.8 Å². The molecule has 0 bridgehead atoms. The van der Waals surface area contributed by atoms with Crippen molar-refractivity contribution in [3.05, 3.63) is 83.7 Å². The second kappa shape index (κ2) is 12.5. The smallest absolute Gasteiger partial charge is 1.00 e. The normalized spacial score (nSPS) is 11.6. The first-order valence-corrected chi connectivity index (χ1v) is 8.75. The zero-order valence-corrected chi connectivity index (χ0v) is 20.1. The van der Waals surface area contributed by atoms with Crippen molar-refractivity contribution in [3.63, 3.8) is 0 Å². The van der Waals surface area contributed by atoms with E-state index < -0.39 is 0 Å². The molecule has 140 valence electrons. The molecule has 1 aromatic heterocycles. The average Bonchev–Trinajstić information content (AvgIpc) is 3.27. The summed E-state index contributed by atoms with van der Waals surface area (Å²) in [6.45, 7) is 6.47. The molecule has 1 nitrogen and oxygen atoms in total. The van der Waals surface area contributed by atoms with E-state index in [-0.39, 0.29) is 51.0 Å². The number of benzene rings is 1. The third-order valence-electron chi connectivity index (χ3n) is 4.32. The van der Waals surface area contributed by atoms with Crippen LogP contribution in [0.1, 0.15) is 37.4 Å².